The van der Waals surface area contributed by atoms with E-state index in [0.29, 0.717) is 0 Å². The van der Waals surface area contributed by atoms with Crippen LogP contribution >= 0.6 is 11.3 Å². The molecule has 0 bridgehead atoms. The van der Waals surface area contributed by atoms with Crippen molar-refractivity contribution in [2.75, 3.05) is 0 Å². The Balaban J connectivity index is 0.00000121. The average molecular weight is 190 g/mol. The van der Waals surface area contributed by atoms with Gasteiger partial charge >= 0.3 is 29.6 Å². The van der Waals surface area contributed by atoms with E-state index in [4.69, 9.17) is 0 Å². The molecule has 0 aromatic carbocycles. The van der Waals surface area contributed by atoms with E-state index in [1.165, 1.54) is 18.3 Å². The van der Waals surface area contributed by atoms with Gasteiger partial charge < -0.3 is 9.90 Å². The van der Waals surface area contributed by atoms with E-state index in [2.05, 4.69) is 0 Å². The zero-order chi connectivity index (χ0) is 8.27. The summed E-state index contributed by atoms with van der Waals surface area (Å²) in [5.41, 5.74) is 1.17. The van der Waals surface area contributed by atoms with E-state index in [-0.39, 0.29) is 35.1 Å². The van der Waals surface area contributed by atoms with Gasteiger partial charge in [-0.2, -0.15) is 11.3 Å². The molecule has 0 saturated heterocycles. The second-order valence-electron chi connectivity index (χ2n) is 2.17. The zero-order valence-electron chi connectivity index (χ0n) is 7.03. The van der Waals surface area contributed by atoms with Crippen LogP contribution in [0.25, 0.3) is 6.08 Å². The topological polar surface area (TPSA) is 40.1 Å². The third kappa shape index (κ3) is 3.54. The van der Waals surface area contributed by atoms with Gasteiger partial charge in [-0.1, -0.05) is 0 Å². The van der Waals surface area contributed by atoms with Crippen molar-refractivity contribution in [3.8, 4) is 0 Å². The van der Waals surface area contributed by atoms with Crippen molar-refractivity contribution in [3.05, 3.63) is 28.0 Å². The molecule has 12 heavy (non-hydrogen) atoms. The summed E-state index contributed by atoms with van der Waals surface area (Å²) in [6.45, 7) is 1.52. The predicted octanol–water partition coefficient (Wildman–Crippen LogP) is -2.09. The van der Waals surface area contributed by atoms with Crippen LogP contribution in [0.5, 0.6) is 0 Å². The molecule has 0 atom stereocenters. The molecular formula is C8H7NaO2S. The summed E-state index contributed by atoms with van der Waals surface area (Å²) in [5, 5.41) is 14.0. The van der Waals surface area contributed by atoms with Crippen molar-refractivity contribution < 1.29 is 39.5 Å². The summed E-state index contributed by atoms with van der Waals surface area (Å²) >= 11 is 1.54. The first kappa shape index (κ1) is 11.9. The summed E-state index contributed by atoms with van der Waals surface area (Å²) < 4.78 is 0. The van der Waals surface area contributed by atoms with Gasteiger partial charge in [0.15, 0.2) is 0 Å². The summed E-state index contributed by atoms with van der Waals surface area (Å²) in [7, 11) is 0. The van der Waals surface area contributed by atoms with Crippen molar-refractivity contribution >= 4 is 23.4 Å². The fourth-order valence-corrected chi connectivity index (χ4v) is 1.28. The molecule has 0 fully saturated rings. The van der Waals surface area contributed by atoms with Crippen LogP contribution in [0.15, 0.2) is 22.4 Å². The zero-order valence-corrected chi connectivity index (χ0v) is 9.85. The van der Waals surface area contributed by atoms with Crippen molar-refractivity contribution in [1.29, 1.82) is 0 Å². The number of carboxylic acid groups (broad SMARTS) is 1. The molecule has 4 heteroatoms. The van der Waals surface area contributed by atoms with E-state index in [0.717, 1.165) is 5.56 Å². The molecule has 0 radical (unpaired) electrons. The molecule has 1 rings (SSSR count). The molecular weight excluding hydrogens is 183 g/mol. The van der Waals surface area contributed by atoms with Crippen LogP contribution in [-0.2, 0) is 4.79 Å². The normalized spacial score (nSPS) is 10.6. The van der Waals surface area contributed by atoms with Gasteiger partial charge in [-0.25, -0.2) is 0 Å². The first-order valence-electron chi connectivity index (χ1n) is 3.12. The van der Waals surface area contributed by atoms with E-state index in [9.17, 15) is 9.90 Å². The number of carbonyl (C=O) groups excluding carboxylic acids is 1. The van der Waals surface area contributed by atoms with Gasteiger partial charge in [0.25, 0.3) is 0 Å². The van der Waals surface area contributed by atoms with Crippen LogP contribution in [0, 0.1) is 0 Å². The van der Waals surface area contributed by atoms with Gasteiger partial charge in [0.2, 0.25) is 0 Å². The monoisotopic (exact) mass is 190 g/mol. The number of carbonyl (C=O) groups is 1. The summed E-state index contributed by atoms with van der Waals surface area (Å²) in [4.78, 5) is 10.2. The van der Waals surface area contributed by atoms with Gasteiger partial charge in [0.05, 0.1) is 5.97 Å². The van der Waals surface area contributed by atoms with E-state index < -0.39 is 5.97 Å². The maximum absolute atomic E-state index is 10.2. The summed E-state index contributed by atoms with van der Waals surface area (Å²) in [5.74, 6) is -1.11. The molecule has 0 unspecified atom stereocenters. The Kier molecular flexibility index (Phi) is 5.50. The van der Waals surface area contributed by atoms with Crippen LogP contribution in [0.3, 0.4) is 0 Å². The molecule has 1 aromatic rings. The molecule has 0 aliphatic rings. The van der Waals surface area contributed by atoms with Gasteiger partial charge in [0.1, 0.15) is 0 Å². The number of rotatable bonds is 2. The van der Waals surface area contributed by atoms with Crippen molar-refractivity contribution in [3.63, 3.8) is 0 Å². The molecule has 2 nitrogen and oxygen atoms in total. The fourth-order valence-electron chi connectivity index (χ4n) is 0.666. The molecule has 1 aromatic heterocycles. The van der Waals surface area contributed by atoms with Crippen molar-refractivity contribution in [1.82, 2.24) is 0 Å². The van der Waals surface area contributed by atoms with E-state index >= 15 is 0 Å². The largest absolute Gasteiger partial charge is 1.00 e. The first-order valence-corrected chi connectivity index (χ1v) is 4.06. The predicted molar refractivity (Wildman–Crippen MR) is 43.0 cm³/mol. The summed E-state index contributed by atoms with van der Waals surface area (Å²) in [6.07, 6.45) is 1.59. The molecule has 0 aliphatic heterocycles. The Morgan fingerprint density at radius 2 is 2.33 bits per heavy atom. The second kappa shape index (κ2) is 5.54. The van der Waals surface area contributed by atoms with Crippen LogP contribution in [0.4, 0.5) is 0 Å². The number of hydrogen-bond acceptors (Lipinski definition) is 3. The van der Waals surface area contributed by atoms with Gasteiger partial charge in [-0.15, -0.1) is 0 Å². The molecule has 0 amide bonds. The van der Waals surface area contributed by atoms with Crippen LogP contribution in [0.1, 0.15) is 12.5 Å². The van der Waals surface area contributed by atoms with Gasteiger partial charge in [0, 0.05) is 0 Å². The maximum atomic E-state index is 10.2. The number of carboxylic acids is 1. The minimum atomic E-state index is -1.11. The molecule has 0 aliphatic carbocycles. The summed E-state index contributed by atoms with van der Waals surface area (Å²) in [6, 6.07) is 1.86. The van der Waals surface area contributed by atoms with E-state index in [1.807, 2.05) is 16.8 Å². The Labute approximate surface area is 97.2 Å². The van der Waals surface area contributed by atoms with Crippen molar-refractivity contribution in [2.24, 2.45) is 0 Å². The smallest absolute Gasteiger partial charge is 0.545 e. The number of aliphatic carboxylic acids is 1. The number of hydrogen-bond donors (Lipinski definition) is 0. The minimum absolute atomic E-state index is 0. The Morgan fingerprint density at radius 1 is 1.67 bits per heavy atom. The molecule has 0 saturated carbocycles. The van der Waals surface area contributed by atoms with Crippen LogP contribution in [-0.4, -0.2) is 5.97 Å². The van der Waals surface area contributed by atoms with Gasteiger partial charge in [-0.3, -0.25) is 0 Å². The Hall–Kier alpha value is -0.0900. The van der Waals surface area contributed by atoms with E-state index in [1.54, 1.807) is 6.08 Å². The Bertz CT molecular complexity index is 277. The molecule has 1 heterocycles. The minimum Gasteiger partial charge on any atom is -0.545 e. The molecule has 0 N–H and O–H groups in total. The first-order chi connectivity index (χ1) is 5.20. The van der Waals surface area contributed by atoms with Crippen LogP contribution in [0.2, 0.25) is 0 Å². The second-order valence-corrected chi connectivity index (χ2v) is 2.95. The van der Waals surface area contributed by atoms with Crippen LogP contribution < -0.4 is 34.7 Å². The molecule has 0 spiro atoms. The number of thiophene rings is 1. The third-order valence-corrected chi connectivity index (χ3v) is 1.95. The maximum Gasteiger partial charge on any atom is 1.00 e. The standard InChI is InChI=1S/C8H8O2S.Na/c1-6(8(9)10)4-7-2-3-11-5-7;/h2-5H,1H3,(H,9,10);/q;+1/p-1/b6-4+;. The molecule has 58 valence electrons. The van der Waals surface area contributed by atoms with Gasteiger partial charge in [-0.05, 0) is 41.0 Å². The third-order valence-electron chi connectivity index (χ3n) is 1.25. The SMILES string of the molecule is C/C(=C\c1ccsc1)C(=O)[O-].[Na+]. The Morgan fingerprint density at radius 3 is 2.75 bits per heavy atom. The quantitative estimate of drug-likeness (QED) is 0.396. The van der Waals surface area contributed by atoms with Crippen molar-refractivity contribution in [2.45, 2.75) is 6.92 Å². The fraction of sp³-hybridized carbons (Fsp3) is 0.125. The average Bonchev–Trinajstić information content (AvgIpc) is 2.39.